The highest BCUT2D eigenvalue weighted by atomic mass is 35.5. The first-order chi connectivity index (χ1) is 18.9. The second-order valence-electron chi connectivity index (χ2n) is 9.90. The average Bonchev–Trinajstić information content (AvgIpc) is 2.90. The summed E-state index contributed by atoms with van der Waals surface area (Å²) in [4.78, 5) is 28.8. The van der Waals surface area contributed by atoms with Crippen molar-refractivity contribution < 1.29 is 18.0 Å². The van der Waals surface area contributed by atoms with Crippen molar-refractivity contribution in [3.05, 3.63) is 93.5 Å². The third-order valence-corrected chi connectivity index (χ3v) is 9.09. The van der Waals surface area contributed by atoms with Crippen LogP contribution < -0.4 is 9.62 Å². The Kier molecular flexibility index (Phi) is 10.6. The Balaban J connectivity index is 2.12. The van der Waals surface area contributed by atoms with Gasteiger partial charge < -0.3 is 10.2 Å². The van der Waals surface area contributed by atoms with Crippen LogP contribution in [0.3, 0.4) is 0 Å². The van der Waals surface area contributed by atoms with Crippen LogP contribution in [-0.4, -0.2) is 43.8 Å². The molecule has 0 aliphatic carbocycles. The van der Waals surface area contributed by atoms with Crippen molar-refractivity contribution in [1.29, 1.82) is 0 Å². The minimum Gasteiger partial charge on any atom is -0.352 e. The number of carbonyl (C=O) groups is 2. The lowest BCUT2D eigenvalue weighted by Crippen LogP contribution is -2.53. The molecule has 3 aromatic carbocycles. The molecule has 0 bridgehead atoms. The van der Waals surface area contributed by atoms with E-state index in [1.807, 2.05) is 33.8 Å². The van der Waals surface area contributed by atoms with Crippen LogP contribution in [0.15, 0.2) is 71.6 Å². The van der Waals surface area contributed by atoms with Crippen LogP contribution in [0.2, 0.25) is 10.0 Å². The number of halogens is 2. The first kappa shape index (κ1) is 31.5. The van der Waals surface area contributed by atoms with Gasteiger partial charge in [-0.05, 0) is 81.6 Å². The lowest BCUT2D eigenvalue weighted by molar-refractivity contribution is -0.140. The van der Waals surface area contributed by atoms with E-state index in [0.717, 1.165) is 15.4 Å². The van der Waals surface area contributed by atoms with Gasteiger partial charge in [0.05, 0.1) is 10.6 Å². The summed E-state index contributed by atoms with van der Waals surface area (Å²) in [6, 6.07) is 17.1. The molecule has 3 aromatic rings. The van der Waals surface area contributed by atoms with E-state index in [0.29, 0.717) is 27.7 Å². The third kappa shape index (κ3) is 7.36. The molecule has 7 nitrogen and oxygen atoms in total. The molecule has 40 heavy (non-hydrogen) atoms. The van der Waals surface area contributed by atoms with Crippen LogP contribution >= 0.6 is 23.2 Å². The minimum atomic E-state index is -4.14. The molecule has 2 amide bonds. The summed E-state index contributed by atoms with van der Waals surface area (Å²) in [7, 11) is -4.14. The molecule has 0 aliphatic rings. The van der Waals surface area contributed by atoms with Gasteiger partial charge in [-0.2, -0.15) is 0 Å². The molecule has 10 heteroatoms. The number of hydrogen-bond acceptors (Lipinski definition) is 4. The van der Waals surface area contributed by atoms with Crippen LogP contribution in [0, 0.1) is 13.8 Å². The van der Waals surface area contributed by atoms with E-state index >= 15 is 0 Å². The maximum absolute atomic E-state index is 14.1. The monoisotopic (exact) mass is 603 g/mol. The molecule has 0 radical (unpaired) electrons. The van der Waals surface area contributed by atoms with Gasteiger partial charge in [0, 0.05) is 28.2 Å². The predicted octanol–water partition coefficient (Wildman–Crippen LogP) is 6.14. The van der Waals surface area contributed by atoms with Crippen molar-refractivity contribution in [3.8, 4) is 0 Å². The van der Waals surface area contributed by atoms with E-state index < -0.39 is 28.5 Å². The summed E-state index contributed by atoms with van der Waals surface area (Å²) in [5, 5.41) is 3.55. The molecular formula is C30H35Cl2N3O4S. The molecule has 0 aromatic heterocycles. The number of amides is 2. The van der Waals surface area contributed by atoms with E-state index in [1.165, 1.54) is 17.0 Å². The topological polar surface area (TPSA) is 86.8 Å². The lowest BCUT2D eigenvalue weighted by atomic mass is 10.1. The number of nitrogens with one attached hydrogen (secondary N) is 1. The van der Waals surface area contributed by atoms with Crippen LogP contribution in [0.5, 0.6) is 0 Å². The number of anilines is 1. The van der Waals surface area contributed by atoms with Crippen LogP contribution in [0.1, 0.15) is 43.9 Å². The van der Waals surface area contributed by atoms with Gasteiger partial charge in [-0.1, -0.05) is 60.5 Å². The number of sulfonamides is 1. The summed E-state index contributed by atoms with van der Waals surface area (Å²) < 4.78 is 28.9. The van der Waals surface area contributed by atoms with E-state index in [9.17, 15) is 18.0 Å². The Morgan fingerprint density at radius 2 is 1.52 bits per heavy atom. The van der Waals surface area contributed by atoms with Crippen LogP contribution in [0.25, 0.3) is 0 Å². The number of benzene rings is 3. The number of nitrogens with zero attached hydrogens (tertiary/aromatic N) is 2. The summed E-state index contributed by atoms with van der Waals surface area (Å²) in [5.41, 5.74) is 2.67. The van der Waals surface area contributed by atoms with Gasteiger partial charge in [0.15, 0.2) is 0 Å². The van der Waals surface area contributed by atoms with Crippen molar-refractivity contribution in [2.45, 2.75) is 64.6 Å². The molecular weight excluding hydrogens is 569 g/mol. The van der Waals surface area contributed by atoms with Crippen molar-refractivity contribution in [2.75, 3.05) is 10.8 Å². The SMILES string of the molecule is CC[C@H](C(=O)NC(C)C)N(Cc1c(Cl)cccc1Cl)C(=O)CN(c1ccc(C)c(C)c1)S(=O)(=O)c1ccccc1. The molecule has 0 heterocycles. The van der Waals surface area contributed by atoms with E-state index in [2.05, 4.69) is 5.32 Å². The summed E-state index contributed by atoms with van der Waals surface area (Å²) >= 11 is 12.9. The molecule has 1 N–H and O–H groups in total. The van der Waals surface area contributed by atoms with Gasteiger partial charge in [-0.15, -0.1) is 0 Å². The minimum absolute atomic E-state index is 0.0475. The second kappa shape index (κ2) is 13.5. The lowest BCUT2D eigenvalue weighted by Gasteiger charge is -2.34. The molecule has 0 saturated heterocycles. The Bertz CT molecular complexity index is 1440. The zero-order valence-electron chi connectivity index (χ0n) is 23.3. The predicted molar refractivity (Wildman–Crippen MR) is 161 cm³/mol. The number of rotatable bonds is 11. The summed E-state index contributed by atoms with van der Waals surface area (Å²) in [6.07, 6.45) is 0.293. The second-order valence-corrected chi connectivity index (χ2v) is 12.6. The van der Waals surface area contributed by atoms with Crippen molar-refractivity contribution in [2.24, 2.45) is 0 Å². The van der Waals surface area contributed by atoms with Crippen molar-refractivity contribution in [3.63, 3.8) is 0 Å². The largest absolute Gasteiger partial charge is 0.352 e. The van der Waals surface area contributed by atoms with Gasteiger partial charge in [-0.25, -0.2) is 8.42 Å². The molecule has 3 rings (SSSR count). The zero-order chi connectivity index (χ0) is 29.6. The highest BCUT2D eigenvalue weighted by Gasteiger charge is 2.34. The van der Waals surface area contributed by atoms with Crippen molar-refractivity contribution in [1.82, 2.24) is 10.2 Å². The van der Waals surface area contributed by atoms with Gasteiger partial charge in [0.25, 0.3) is 10.0 Å². The fraction of sp³-hybridized carbons (Fsp3) is 0.333. The van der Waals surface area contributed by atoms with Gasteiger partial charge in [0.1, 0.15) is 12.6 Å². The van der Waals surface area contributed by atoms with Crippen LogP contribution in [0.4, 0.5) is 5.69 Å². The molecule has 0 spiro atoms. The first-order valence-corrected chi connectivity index (χ1v) is 15.2. The highest BCUT2D eigenvalue weighted by Crippen LogP contribution is 2.29. The quantitative estimate of drug-likeness (QED) is 0.285. The van der Waals surface area contributed by atoms with Crippen molar-refractivity contribution >= 4 is 50.7 Å². The molecule has 0 aliphatic heterocycles. The number of hydrogen-bond donors (Lipinski definition) is 1. The highest BCUT2D eigenvalue weighted by molar-refractivity contribution is 7.92. The Morgan fingerprint density at radius 1 is 0.900 bits per heavy atom. The number of aryl methyl sites for hydroxylation is 2. The summed E-state index contributed by atoms with van der Waals surface area (Å²) in [6.45, 7) is 8.64. The first-order valence-electron chi connectivity index (χ1n) is 13.0. The molecule has 0 unspecified atom stereocenters. The van der Waals surface area contributed by atoms with Gasteiger partial charge >= 0.3 is 0 Å². The van der Waals surface area contributed by atoms with Gasteiger partial charge in [0.2, 0.25) is 11.8 Å². The van der Waals surface area contributed by atoms with E-state index in [1.54, 1.807) is 55.5 Å². The Labute approximate surface area is 247 Å². The standard InChI is InChI=1S/C30H35Cl2N3O4S/c1-6-28(30(37)33-20(2)3)34(18-25-26(31)13-10-14-27(25)32)29(36)19-35(23-16-15-21(4)22(5)17-23)40(38,39)24-11-8-7-9-12-24/h7-17,20,28H,6,18-19H2,1-5H3,(H,33,37)/t28-/m1/s1. The summed E-state index contributed by atoms with van der Waals surface area (Å²) in [5.74, 6) is -0.919. The number of carbonyl (C=O) groups excluding carboxylic acids is 2. The Hall–Kier alpha value is -3.07. The molecule has 1 atom stereocenters. The fourth-order valence-corrected chi connectivity index (χ4v) is 6.23. The third-order valence-electron chi connectivity index (χ3n) is 6.60. The molecule has 0 saturated carbocycles. The maximum Gasteiger partial charge on any atom is 0.264 e. The van der Waals surface area contributed by atoms with E-state index in [4.69, 9.17) is 23.2 Å². The van der Waals surface area contributed by atoms with Crippen LogP contribution in [-0.2, 0) is 26.2 Å². The maximum atomic E-state index is 14.1. The zero-order valence-corrected chi connectivity index (χ0v) is 25.6. The normalized spacial score (nSPS) is 12.2. The van der Waals surface area contributed by atoms with Gasteiger partial charge in [-0.3, -0.25) is 13.9 Å². The average molecular weight is 605 g/mol. The molecule has 0 fully saturated rings. The smallest absolute Gasteiger partial charge is 0.264 e. The Morgan fingerprint density at radius 3 is 2.08 bits per heavy atom. The molecule has 214 valence electrons. The van der Waals surface area contributed by atoms with E-state index in [-0.39, 0.29) is 23.4 Å². The fourth-order valence-electron chi connectivity index (χ4n) is 4.28.